The standard InChI is InChI=1S/C36H38ClN7O4S/c1-21-22(2)49-35-32(21)33(25-10-13-26(37)14-11-25)41-29(34-43-42-23(3)44(34)35)20-31(46)39-18-16-30(45)40-27-15-12-24(28(19-27)36(47)48)9-7-5-4-6-8-17-38/h10-15,19,29H,4-6,8,16-18,20,38H2,1-3H3,(H,39,46)(H,40,45)(H,47,48)/t29-/m0/s1. The molecular weight excluding hydrogens is 662 g/mol. The molecule has 0 unspecified atom stereocenters. The first kappa shape index (κ1) is 35.5. The summed E-state index contributed by atoms with van der Waals surface area (Å²) in [7, 11) is 0. The summed E-state index contributed by atoms with van der Waals surface area (Å²) in [5.74, 6) is 5.37. The SMILES string of the molecule is Cc1sc2c(c1C)C(c1ccc(Cl)cc1)=N[C@@H](CC(=O)NCCC(=O)Nc1ccc(C#CCCCCCN)c(C(=O)O)c1)c1nnc(C)n1-2. The van der Waals surface area contributed by atoms with Gasteiger partial charge in [-0.1, -0.05) is 42.0 Å². The van der Waals surface area contributed by atoms with Crippen molar-refractivity contribution in [1.29, 1.82) is 0 Å². The molecule has 5 N–H and O–H groups in total. The number of unbranched alkanes of at least 4 members (excludes halogenated alkanes) is 3. The average molecular weight is 700 g/mol. The maximum atomic E-state index is 13.2. The Balaban J connectivity index is 1.25. The van der Waals surface area contributed by atoms with E-state index in [1.54, 1.807) is 23.5 Å². The summed E-state index contributed by atoms with van der Waals surface area (Å²) >= 11 is 7.82. The molecule has 1 aliphatic heterocycles. The number of carbonyl (C=O) groups excluding carboxylic acids is 2. The molecule has 0 saturated heterocycles. The molecule has 2 aromatic carbocycles. The Morgan fingerprint density at radius 1 is 1.04 bits per heavy atom. The molecule has 2 aromatic heterocycles. The van der Waals surface area contributed by atoms with E-state index in [-0.39, 0.29) is 36.8 Å². The number of fused-ring (bicyclic) bond motifs is 3. The molecule has 0 radical (unpaired) electrons. The maximum Gasteiger partial charge on any atom is 0.337 e. The number of halogens is 1. The van der Waals surface area contributed by atoms with Crippen LogP contribution in [0.5, 0.6) is 0 Å². The predicted molar refractivity (Wildman–Crippen MR) is 192 cm³/mol. The fraction of sp³-hybridized carbons (Fsp3) is 0.333. The van der Waals surface area contributed by atoms with E-state index >= 15 is 0 Å². The average Bonchev–Trinajstić information content (AvgIpc) is 3.55. The zero-order valence-corrected chi connectivity index (χ0v) is 29.2. The van der Waals surface area contributed by atoms with E-state index in [0.29, 0.717) is 40.9 Å². The Morgan fingerprint density at radius 3 is 2.55 bits per heavy atom. The molecule has 11 nitrogen and oxygen atoms in total. The molecule has 0 aliphatic carbocycles. The number of hydrogen-bond donors (Lipinski definition) is 4. The number of anilines is 1. The fourth-order valence-electron chi connectivity index (χ4n) is 5.52. The number of thiophene rings is 1. The van der Waals surface area contributed by atoms with Crippen LogP contribution in [-0.2, 0) is 9.59 Å². The van der Waals surface area contributed by atoms with Crippen LogP contribution in [0, 0.1) is 32.6 Å². The number of carbonyl (C=O) groups is 3. The first-order valence-corrected chi connectivity index (χ1v) is 17.3. The van der Waals surface area contributed by atoms with Gasteiger partial charge in [0.2, 0.25) is 11.8 Å². The Kier molecular flexibility index (Phi) is 11.6. The van der Waals surface area contributed by atoms with E-state index in [2.05, 4.69) is 46.5 Å². The molecule has 4 aromatic rings. The van der Waals surface area contributed by atoms with Gasteiger partial charge in [0, 0.05) is 51.7 Å². The van der Waals surface area contributed by atoms with E-state index in [4.69, 9.17) is 22.3 Å². The van der Waals surface area contributed by atoms with E-state index < -0.39 is 12.0 Å². The van der Waals surface area contributed by atoms with Gasteiger partial charge >= 0.3 is 5.97 Å². The highest BCUT2D eigenvalue weighted by atomic mass is 35.5. The summed E-state index contributed by atoms with van der Waals surface area (Å²) in [5, 5.41) is 25.6. The third kappa shape index (κ3) is 8.43. The van der Waals surface area contributed by atoms with Crippen LogP contribution in [0.3, 0.4) is 0 Å². The minimum atomic E-state index is -1.14. The smallest absolute Gasteiger partial charge is 0.337 e. The Hall–Kier alpha value is -4.83. The monoisotopic (exact) mass is 699 g/mol. The van der Waals surface area contributed by atoms with Crippen LogP contribution < -0.4 is 16.4 Å². The van der Waals surface area contributed by atoms with Crippen molar-refractivity contribution in [3.8, 4) is 16.8 Å². The highest BCUT2D eigenvalue weighted by molar-refractivity contribution is 7.15. The van der Waals surface area contributed by atoms with Crippen molar-refractivity contribution in [1.82, 2.24) is 20.1 Å². The minimum absolute atomic E-state index is 0.00489. The third-order valence-electron chi connectivity index (χ3n) is 8.17. The summed E-state index contributed by atoms with van der Waals surface area (Å²) in [6.07, 6.45) is 3.41. The quantitative estimate of drug-likeness (QED) is 0.106. The number of rotatable bonds is 12. The summed E-state index contributed by atoms with van der Waals surface area (Å²) in [5.41, 5.74) is 9.90. The number of hydrogen-bond acceptors (Lipinski definition) is 8. The summed E-state index contributed by atoms with van der Waals surface area (Å²) < 4.78 is 1.98. The van der Waals surface area contributed by atoms with Gasteiger partial charge in [0.15, 0.2) is 5.82 Å². The number of aryl methyl sites for hydroxylation is 2. The second-order valence-electron chi connectivity index (χ2n) is 11.7. The van der Waals surface area contributed by atoms with Gasteiger partial charge in [0.05, 0.1) is 17.7 Å². The summed E-state index contributed by atoms with van der Waals surface area (Å²) in [6, 6.07) is 11.4. The Labute approximate surface area is 294 Å². The largest absolute Gasteiger partial charge is 0.478 e. The lowest BCUT2D eigenvalue weighted by atomic mass is 9.99. The highest BCUT2D eigenvalue weighted by Gasteiger charge is 2.32. The van der Waals surface area contributed by atoms with E-state index in [1.165, 1.54) is 6.07 Å². The summed E-state index contributed by atoms with van der Waals surface area (Å²) in [6.45, 7) is 6.71. The van der Waals surface area contributed by atoms with Crippen molar-refractivity contribution in [2.75, 3.05) is 18.4 Å². The number of nitrogens with zero attached hydrogens (tertiary/aromatic N) is 4. The number of carboxylic acid groups (broad SMARTS) is 1. The van der Waals surface area contributed by atoms with Crippen molar-refractivity contribution >= 4 is 52.1 Å². The Morgan fingerprint density at radius 2 is 1.82 bits per heavy atom. The molecule has 254 valence electrons. The van der Waals surface area contributed by atoms with Gasteiger partial charge in [-0.3, -0.25) is 19.1 Å². The van der Waals surface area contributed by atoms with E-state index in [1.807, 2.05) is 35.8 Å². The molecule has 13 heteroatoms. The van der Waals surface area contributed by atoms with Crippen molar-refractivity contribution in [2.24, 2.45) is 10.7 Å². The van der Waals surface area contributed by atoms with Crippen molar-refractivity contribution in [3.63, 3.8) is 0 Å². The molecule has 1 aliphatic rings. The van der Waals surface area contributed by atoms with Gasteiger partial charge in [-0.15, -0.1) is 21.5 Å². The van der Waals surface area contributed by atoms with Crippen LogP contribution >= 0.6 is 22.9 Å². The third-order valence-corrected chi connectivity index (χ3v) is 9.62. The first-order chi connectivity index (χ1) is 23.6. The van der Waals surface area contributed by atoms with Crippen LogP contribution in [0.2, 0.25) is 5.02 Å². The highest BCUT2D eigenvalue weighted by Crippen LogP contribution is 2.39. The molecule has 1 atom stereocenters. The van der Waals surface area contributed by atoms with Gasteiger partial charge in [-0.2, -0.15) is 0 Å². The van der Waals surface area contributed by atoms with Crippen molar-refractivity contribution < 1.29 is 19.5 Å². The van der Waals surface area contributed by atoms with Crippen LogP contribution in [0.1, 0.15) is 93.7 Å². The van der Waals surface area contributed by atoms with Crippen LogP contribution in [0.15, 0.2) is 47.5 Å². The number of aromatic carboxylic acids is 1. The number of benzene rings is 2. The summed E-state index contributed by atoms with van der Waals surface area (Å²) in [4.78, 5) is 44.1. The minimum Gasteiger partial charge on any atom is -0.478 e. The van der Waals surface area contributed by atoms with Gasteiger partial charge in [-0.05, 0) is 76.1 Å². The fourth-order valence-corrected chi connectivity index (χ4v) is 6.86. The van der Waals surface area contributed by atoms with Crippen molar-refractivity contribution in [2.45, 2.75) is 65.3 Å². The lowest BCUT2D eigenvalue weighted by Crippen LogP contribution is -2.29. The van der Waals surface area contributed by atoms with Gasteiger partial charge in [0.1, 0.15) is 16.9 Å². The number of aromatic nitrogens is 3. The number of nitrogens with two attached hydrogens (primary N) is 1. The Bertz CT molecular complexity index is 1970. The number of carboxylic acids is 1. The van der Waals surface area contributed by atoms with E-state index in [9.17, 15) is 19.5 Å². The van der Waals surface area contributed by atoms with Crippen molar-refractivity contribution in [3.05, 3.63) is 91.8 Å². The second-order valence-corrected chi connectivity index (χ2v) is 13.4. The predicted octanol–water partition coefficient (Wildman–Crippen LogP) is 5.90. The van der Waals surface area contributed by atoms with Gasteiger partial charge in [-0.25, -0.2) is 4.79 Å². The topological polar surface area (TPSA) is 165 Å². The molecule has 3 heterocycles. The number of aliphatic imine (C=N–C) groups is 1. The lowest BCUT2D eigenvalue weighted by Gasteiger charge is -2.13. The maximum absolute atomic E-state index is 13.2. The van der Waals surface area contributed by atoms with E-state index in [0.717, 1.165) is 51.5 Å². The normalized spacial score (nSPS) is 13.3. The number of nitrogens with one attached hydrogen (secondary N) is 2. The molecule has 0 saturated carbocycles. The zero-order chi connectivity index (χ0) is 35.1. The van der Waals surface area contributed by atoms with Crippen LogP contribution in [0.4, 0.5) is 5.69 Å². The lowest BCUT2D eigenvalue weighted by molar-refractivity contribution is -0.121. The molecular formula is C36H38ClN7O4S. The van der Waals surface area contributed by atoms with Crippen LogP contribution in [0.25, 0.3) is 5.00 Å². The zero-order valence-electron chi connectivity index (χ0n) is 27.6. The molecule has 49 heavy (non-hydrogen) atoms. The molecule has 0 spiro atoms. The molecule has 0 bridgehead atoms. The molecule has 5 rings (SSSR count). The van der Waals surface area contributed by atoms with Gasteiger partial charge < -0.3 is 21.5 Å². The molecule has 2 amide bonds. The first-order valence-electron chi connectivity index (χ1n) is 16.1. The second kappa shape index (κ2) is 16.0. The van der Waals surface area contributed by atoms with Gasteiger partial charge in [0.25, 0.3) is 0 Å². The van der Waals surface area contributed by atoms with Crippen LogP contribution in [-0.4, -0.2) is 56.5 Å². The number of amides is 2. The molecule has 0 fully saturated rings.